The van der Waals surface area contributed by atoms with Gasteiger partial charge < -0.3 is 9.84 Å². The van der Waals surface area contributed by atoms with E-state index in [1.807, 2.05) is 6.08 Å². The Labute approximate surface area is 64.7 Å². The molecule has 2 aliphatic rings. The molecule has 0 aromatic rings. The molecule has 0 aliphatic carbocycles. The minimum atomic E-state index is -0.928. The Morgan fingerprint density at radius 1 is 1.64 bits per heavy atom. The van der Waals surface area contributed by atoms with Crippen LogP contribution in [0.4, 0.5) is 0 Å². The van der Waals surface area contributed by atoms with Gasteiger partial charge in [0.2, 0.25) is 0 Å². The number of carbonyl (C=O) groups is 1. The van der Waals surface area contributed by atoms with Crippen molar-refractivity contribution in [3.05, 3.63) is 12.2 Å². The SMILES string of the molecule is O=C1C[C@@H]2CC=C[C@@H](O2)[C@H]1O. The lowest BCUT2D eigenvalue weighted by molar-refractivity contribution is -0.152. The van der Waals surface area contributed by atoms with Crippen LogP contribution in [0.15, 0.2) is 12.2 Å². The highest BCUT2D eigenvalue weighted by atomic mass is 16.5. The Balaban J connectivity index is 2.22. The van der Waals surface area contributed by atoms with Crippen molar-refractivity contribution in [3.8, 4) is 0 Å². The van der Waals surface area contributed by atoms with Crippen LogP contribution in [0.1, 0.15) is 12.8 Å². The molecule has 0 aromatic carbocycles. The highest BCUT2D eigenvalue weighted by Crippen LogP contribution is 2.24. The molecular formula is C8H10O3. The lowest BCUT2D eigenvalue weighted by Gasteiger charge is -2.33. The van der Waals surface area contributed by atoms with Crippen molar-refractivity contribution in [1.29, 1.82) is 0 Å². The summed E-state index contributed by atoms with van der Waals surface area (Å²) in [7, 11) is 0. The third kappa shape index (κ3) is 1.10. The Hall–Kier alpha value is -0.670. The zero-order chi connectivity index (χ0) is 7.84. The standard InChI is InChI=1S/C8H10O3/c9-6-4-5-2-1-3-7(11-5)8(6)10/h1,3,5,7-8,10H,2,4H2/t5-,7+,8-/m0/s1. The lowest BCUT2D eigenvalue weighted by Crippen LogP contribution is -2.46. The van der Waals surface area contributed by atoms with E-state index in [4.69, 9.17) is 4.74 Å². The second kappa shape index (κ2) is 2.43. The second-order valence-electron chi connectivity index (χ2n) is 3.00. The molecule has 11 heavy (non-hydrogen) atoms. The Bertz CT molecular complexity index is 209. The van der Waals surface area contributed by atoms with Gasteiger partial charge in [0.15, 0.2) is 5.78 Å². The van der Waals surface area contributed by atoms with E-state index >= 15 is 0 Å². The first-order chi connectivity index (χ1) is 5.27. The minimum Gasteiger partial charge on any atom is -0.382 e. The van der Waals surface area contributed by atoms with Crippen LogP contribution in [0.5, 0.6) is 0 Å². The summed E-state index contributed by atoms with van der Waals surface area (Å²) in [5.41, 5.74) is 0. The van der Waals surface area contributed by atoms with E-state index in [0.717, 1.165) is 6.42 Å². The molecule has 1 fully saturated rings. The number of hydrogen-bond donors (Lipinski definition) is 1. The summed E-state index contributed by atoms with van der Waals surface area (Å²) in [5, 5.41) is 9.26. The van der Waals surface area contributed by atoms with Gasteiger partial charge in [-0.2, -0.15) is 0 Å². The summed E-state index contributed by atoms with van der Waals surface area (Å²) in [6, 6.07) is 0. The van der Waals surface area contributed by atoms with Crippen LogP contribution in [-0.4, -0.2) is 29.2 Å². The van der Waals surface area contributed by atoms with Crippen molar-refractivity contribution in [2.24, 2.45) is 0 Å². The van der Waals surface area contributed by atoms with E-state index < -0.39 is 6.10 Å². The molecule has 1 saturated heterocycles. The average molecular weight is 154 g/mol. The van der Waals surface area contributed by atoms with Crippen molar-refractivity contribution in [3.63, 3.8) is 0 Å². The van der Waals surface area contributed by atoms with Gasteiger partial charge in [0, 0.05) is 6.42 Å². The van der Waals surface area contributed by atoms with Gasteiger partial charge >= 0.3 is 0 Å². The number of carbonyl (C=O) groups excluding carboxylic acids is 1. The Kier molecular flexibility index (Phi) is 1.55. The van der Waals surface area contributed by atoms with E-state index in [2.05, 4.69) is 0 Å². The third-order valence-corrected chi connectivity index (χ3v) is 2.14. The van der Waals surface area contributed by atoms with Crippen molar-refractivity contribution >= 4 is 5.78 Å². The van der Waals surface area contributed by atoms with E-state index in [1.165, 1.54) is 0 Å². The summed E-state index contributed by atoms with van der Waals surface area (Å²) in [5.74, 6) is -0.0874. The molecule has 2 heterocycles. The van der Waals surface area contributed by atoms with Gasteiger partial charge in [-0.3, -0.25) is 4.79 Å². The molecule has 3 nitrogen and oxygen atoms in total. The van der Waals surface area contributed by atoms with E-state index in [0.29, 0.717) is 6.42 Å². The minimum absolute atomic E-state index is 0.0147. The normalized spacial score (nSPS) is 42.6. The fraction of sp³-hybridized carbons (Fsp3) is 0.625. The molecule has 0 saturated carbocycles. The second-order valence-corrected chi connectivity index (χ2v) is 3.00. The van der Waals surface area contributed by atoms with Crippen LogP contribution < -0.4 is 0 Å². The summed E-state index contributed by atoms with van der Waals surface area (Å²) in [4.78, 5) is 11.0. The predicted octanol–water partition coefficient (Wildman–Crippen LogP) is 0.0338. The average Bonchev–Trinajstić information content (AvgIpc) is 2.01. The van der Waals surface area contributed by atoms with Crippen molar-refractivity contribution < 1.29 is 14.6 Å². The Morgan fingerprint density at radius 2 is 2.45 bits per heavy atom. The van der Waals surface area contributed by atoms with Gasteiger partial charge in [-0.1, -0.05) is 12.2 Å². The largest absolute Gasteiger partial charge is 0.382 e. The quantitative estimate of drug-likeness (QED) is 0.501. The van der Waals surface area contributed by atoms with E-state index in [-0.39, 0.29) is 18.0 Å². The molecule has 2 rings (SSSR count). The maximum absolute atomic E-state index is 11.0. The van der Waals surface area contributed by atoms with Crippen LogP contribution in [-0.2, 0) is 9.53 Å². The molecule has 0 radical (unpaired) electrons. The van der Waals surface area contributed by atoms with Gasteiger partial charge in [0.05, 0.1) is 6.10 Å². The topological polar surface area (TPSA) is 46.5 Å². The van der Waals surface area contributed by atoms with Crippen LogP contribution in [0, 0.1) is 0 Å². The van der Waals surface area contributed by atoms with Crippen molar-refractivity contribution in [1.82, 2.24) is 0 Å². The molecule has 2 bridgehead atoms. The fourth-order valence-corrected chi connectivity index (χ4v) is 1.53. The van der Waals surface area contributed by atoms with Gasteiger partial charge in [0.1, 0.15) is 12.2 Å². The molecule has 2 aliphatic heterocycles. The molecule has 60 valence electrons. The maximum atomic E-state index is 11.0. The van der Waals surface area contributed by atoms with E-state index in [1.54, 1.807) is 6.08 Å². The van der Waals surface area contributed by atoms with Gasteiger partial charge in [-0.15, -0.1) is 0 Å². The summed E-state index contributed by atoms with van der Waals surface area (Å²) < 4.78 is 5.35. The fourth-order valence-electron chi connectivity index (χ4n) is 1.53. The lowest BCUT2D eigenvalue weighted by atomic mass is 9.94. The van der Waals surface area contributed by atoms with Crippen LogP contribution in [0.25, 0.3) is 0 Å². The number of ketones is 1. The van der Waals surface area contributed by atoms with E-state index in [9.17, 15) is 9.90 Å². The molecule has 3 heteroatoms. The number of aliphatic hydroxyl groups is 1. The number of fused-ring (bicyclic) bond motifs is 2. The van der Waals surface area contributed by atoms with Crippen LogP contribution in [0.2, 0.25) is 0 Å². The third-order valence-electron chi connectivity index (χ3n) is 2.14. The summed E-state index contributed by atoms with van der Waals surface area (Å²) in [6.45, 7) is 0. The predicted molar refractivity (Wildman–Crippen MR) is 38.0 cm³/mol. The van der Waals surface area contributed by atoms with Crippen LogP contribution in [0.3, 0.4) is 0 Å². The highest BCUT2D eigenvalue weighted by molar-refractivity contribution is 5.85. The van der Waals surface area contributed by atoms with Crippen molar-refractivity contribution in [2.45, 2.75) is 31.2 Å². The first-order valence-corrected chi connectivity index (χ1v) is 3.80. The number of aliphatic hydroxyl groups excluding tert-OH is 1. The monoisotopic (exact) mass is 154 g/mol. The number of rotatable bonds is 0. The Morgan fingerprint density at radius 3 is 3.27 bits per heavy atom. The van der Waals surface area contributed by atoms with Gasteiger partial charge in [-0.25, -0.2) is 0 Å². The maximum Gasteiger partial charge on any atom is 0.166 e. The first kappa shape index (κ1) is 7.00. The molecule has 0 aromatic heterocycles. The number of Topliss-reactive ketones (excluding diaryl/α,β-unsaturated/α-hetero) is 1. The molecular weight excluding hydrogens is 144 g/mol. The first-order valence-electron chi connectivity index (χ1n) is 3.80. The molecule has 1 N–H and O–H groups in total. The molecule has 0 amide bonds. The van der Waals surface area contributed by atoms with Crippen LogP contribution >= 0.6 is 0 Å². The van der Waals surface area contributed by atoms with Gasteiger partial charge in [-0.05, 0) is 6.42 Å². The molecule has 0 unspecified atom stereocenters. The molecule has 3 atom stereocenters. The highest BCUT2D eigenvalue weighted by Gasteiger charge is 2.36. The molecule has 0 spiro atoms. The van der Waals surface area contributed by atoms with Crippen molar-refractivity contribution in [2.75, 3.05) is 0 Å². The number of hydrogen-bond acceptors (Lipinski definition) is 3. The zero-order valence-electron chi connectivity index (χ0n) is 6.06. The summed E-state index contributed by atoms with van der Waals surface area (Å²) in [6.07, 6.45) is 3.60. The zero-order valence-corrected chi connectivity index (χ0v) is 6.06. The summed E-state index contributed by atoms with van der Waals surface area (Å²) >= 11 is 0. The van der Waals surface area contributed by atoms with Gasteiger partial charge in [0.25, 0.3) is 0 Å². The number of ether oxygens (including phenoxy) is 1. The smallest absolute Gasteiger partial charge is 0.166 e.